The number of aldehydes is 1. The second-order valence-electron chi connectivity index (χ2n) is 10.4. The zero-order valence-corrected chi connectivity index (χ0v) is 23.8. The number of esters is 1. The molecular weight excluding hydrogens is 595 g/mol. The highest BCUT2D eigenvalue weighted by atomic mass is 35.5. The molecule has 42 heavy (non-hydrogen) atoms. The average Bonchev–Trinajstić information content (AvgIpc) is 3.88. The predicted molar refractivity (Wildman–Crippen MR) is 149 cm³/mol. The molecule has 0 aliphatic heterocycles. The van der Waals surface area contributed by atoms with Crippen LogP contribution in [-0.4, -0.2) is 32.1 Å². The van der Waals surface area contributed by atoms with Crippen molar-refractivity contribution >= 4 is 35.5 Å². The van der Waals surface area contributed by atoms with E-state index in [-0.39, 0.29) is 39.1 Å². The van der Waals surface area contributed by atoms with Gasteiger partial charge in [0.25, 0.3) is 0 Å². The minimum Gasteiger partial charge on any atom is -0.619 e. The van der Waals surface area contributed by atoms with Crippen LogP contribution in [0.15, 0.2) is 48.8 Å². The van der Waals surface area contributed by atoms with Crippen molar-refractivity contribution in [2.24, 2.45) is 11.8 Å². The first-order valence-corrected chi connectivity index (χ1v) is 14.2. The summed E-state index contributed by atoms with van der Waals surface area (Å²) < 4.78 is 48.7. The number of alkyl halides is 2. The third-order valence-electron chi connectivity index (χ3n) is 6.97. The van der Waals surface area contributed by atoms with Crippen LogP contribution < -0.4 is 18.9 Å². The second kappa shape index (κ2) is 13.1. The Morgan fingerprint density at radius 2 is 1.57 bits per heavy atom. The third-order valence-corrected chi connectivity index (χ3v) is 7.62. The van der Waals surface area contributed by atoms with E-state index in [1.165, 1.54) is 36.4 Å². The molecule has 8 nitrogen and oxygen atoms in total. The van der Waals surface area contributed by atoms with E-state index in [0.717, 1.165) is 38.1 Å². The Bertz CT molecular complexity index is 1440. The van der Waals surface area contributed by atoms with Crippen LogP contribution in [0, 0.1) is 17.0 Å². The van der Waals surface area contributed by atoms with Gasteiger partial charge in [-0.3, -0.25) is 4.79 Å². The maximum Gasteiger partial charge on any atom is 0.387 e. The van der Waals surface area contributed by atoms with Crippen LogP contribution in [0.2, 0.25) is 10.0 Å². The number of rotatable bonds is 14. The van der Waals surface area contributed by atoms with E-state index in [1.807, 2.05) is 0 Å². The van der Waals surface area contributed by atoms with Crippen LogP contribution >= 0.6 is 23.2 Å². The summed E-state index contributed by atoms with van der Waals surface area (Å²) in [5.74, 6) is 0.283. The highest BCUT2D eigenvalue weighted by molar-refractivity contribution is 6.35. The molecule has 2 aliphatic rings. The molecule has 2 aromatic carbocycles. The van der Waals surface area contributed by atoms with E-state index < -0.39 is 18.7 Å². The van der Waals surface area contributed by atoms with Gasteiger partial charge in [-0.05, 0) is 73.4 Å². The normalized spacial score (nSPS) is 15.3. The number of ether oxygens (including phenoxy) is 4. The fourth-order valence-electron chi connectivity index (χ4n) is 4.25. The summed E-state index contributed by atoms with van der Waals surface area (Å²) in [4.78, 5) is 25.1. The summed E-state index contributed by atoms with van der Waals surface area (Å²) in [5.41, 5.74) is 0.988. The number of nitrogens with zero attached hydrogens (tertiary/aromatic N) is 1. The van der Waals surface area contributed by atoms with E-state index in [1.54, 1.807) is 0 Å². The van der Waals surface area contributed by atoms with Gasteiger partial charge in [0.15, 0.2) is 30.2 Å². The van der Waals surface area contributed by atoms with Gasteiger partial charge in [0.05, 0.1) is 24.3 Å². The Balaban J connectivity index is 1.45. The van der Waals surface area contributed by atoms with Crippen molar-refractivity contribution in [2.75, 3.05) is 13.2 Å². The van der Waals surface area contributed by atoms with Gasteiger partial charge in [0.2, 0.25) is 0 Å². The number of hydrogen-bond acceptors (Lipinski definition) is 7. The number of carbonyl (C=O) groups is 2. The summed E-state index contributed by atoms with van der Waals surface area (Å²) >= 11 is 12.6. The Kier molecular flexibility index (Phi) is 9.33. The summed E-state index contributed by atoms with van der Waals surface area (Å²) in [6.07, 6.45) is 5.82. The smallest absolute Gasteiger partial charge is 0.387 e. The largest absolute Gasteiger partial charge is 0.619 e. The summed E-state index contributed by atoms with van der Waals surface area (Å²) in [6, 6.07) is 8.63. The molecular formula is C30H27Cl2F2NO7. The van der Waals surface area contributed by atoms with Crippen molar-refractivity contribution in [2.45, 2.75) is 44.8 Å². The van der Waals surface area contributed by atoms with Crippen molar-refractivity contribution in [1.82, 2.24) is 0 Å². The van der Waals surface area contributed by atoms with Crippen molar-refractivity contribution in [3.63, 3.8) is 0 Å². The topological polar surface area (TPSA) is 98.0 Å². The first-order valence-electron chi connectivity index (χ1n) is 13.4. The summed E-state index contributed by atoms with van der Waals surface area (Å²) in [7, 11) is 0. The van der Waals surface area contributed by atoms with E-state index >= 15 is 0 Å². The standard InChI is InChI=1S/C30H27Cl2F2NO7/c31-23-12-35(38)13-24(32)22(23)11-27(19-5-8-26(42-30(33)34)28(10-19)40-16-18-3-4-18)41-29(37)20-6-7-25(21(9-20)14-36)39-15-17-1-2-17/h5-10,12-14,17-18,27,30H,1-4,11,15-16H2/t27-/m0/s1. The van der Waals surface area contributed by atoms with Gasteiger partial charge >= 0.3 is 12.6 Å². The maximum absolute atomic E-state index is 13.4. The highest BCUT2D eigenvalue weighted by Crippen LogP contribution is 2.38. The minimum absolute atomic E-state index is 0.0433. The number of aromatic nitrogens is 1. The van der Waals surface area contributed by atoms with Gasteiger partial charge < -0.3 is 24.2 Å². The molecule has 2 saturated carbocycles. The number of hydrogen-bond donors (Lipinski definition) is 0. The molecule has 1 heterocycles. The van der Waals surface area contributed by atoms with E-state index in [9.17, 15) is 23.6 Å². The van der Waals surface area contributed by atoms with Gasteiger partial charge in [0.1, 0.15) is 21.9 Å². The lowest BCUT2D eigenvalue weighted by molar-refractivity contribution is -0.605. The Labute approximate surface area is 250 Å². The Morgan fingerprint density at radius 3 is 2.17 bits per heavy atom. The van der Waals surface area contributed by atoms with E-state index in [4.69, 9.17) is 37.4 Å². The van der Waals surface area contributed by atoms with Gasteiger partial charge in [0, 0.05) is 12.0 Å². The molecule has 2 fully saturated rings. The SMILES string of the molecule is O=Cc1cc(C(=O)O[C@@H](Cc2c(Cl)c[n+]([O-])cc2Cl)c2ccc(OC(F)F)c(OCC3CC3)c2)ccc1OCC1CC1. The molecule has 0 spiro atoms. The fourth-order valence-corrected chi connectivity index (χ4v) is 4.85. The predicted octanol–water partition coefficient (Wildman–Crippen LogP) is 6.76. The molecule has 3 aromatic rings. The fraction of sp³-hybridized carbons (Fsp3) is 0.367. The molecule has 0 unspecified atom stereocenters. The third kappa shape index (κ3) is 7.80. The number of benzene rings is 2. The van der Waals surface area contributed by atoms with Gasteiger partial charge in [-0.15, -0.1) is 0 Å². The zero-order valence-electron chi connectivity index (χ0n) is 22.3. The molecule has 0 amide bonds. The van der Waals surface area contributed by atoms with Gasteiger partial charge in [-0.25, -0.2) is 4.79 Å². The lowest BCUT2D eigenvalue weighted by atomic mass is 10.0. The first kappa shape index (κ1) is 29.8. The first-order chi connectivity index (χ1) is 20.2. The maximum atomic E-state index is 13.4. The molecule has 0 saturated heterocycles. The Hall–Kier alpha value is -3.63. The molecule has 0 radical (unpaired) electrons. The molecule has 5 rings (SSSR count). The molecule has 2 aliphatic carbocycles. The quantitative estimate of drug-likeness (QED) is 0.0849. The number of pyridine rings is 1. The van der Waals surface area contributed by atoms with Gasteiger partial charge in [-0.1, -0.05) is 29.3 Å². The lowest BCUT2D eigenvalue weighted by Crippen LogP contribution is -2.25. The number of carbonyl (C=O) groups excluding carboxylic acids is 2. The van der Waals surface area contributed by atoms with Crippen LogP contribution in [0.5, 0.6) is 17.2 Å². The van der Waals surface area contributed by atoms with Crippen molar-refractivity contribution in [1.29, 1.82) is 0 Å². The molecule has 0 bridgehead atoms. The summed E-state index contributed by atoms with van der Waals surface area (Å²) in [5, 5.41) is 11.9. The van der Waals surface area contributed by atoms with Crippen LogP contribution in [0.4, 0.5) is 8.78 Å². The van der Waals surface area contributed by atoms with E-state index in [0.29, 0.717) is 52.9 Å². The van der Waals surface area contributed by atoms with Crippen molar-refractivity contribution in [3.8, 4) is 17.2 Å². The minimum atomic E-state index is -3.07. The molecule has 1 atom stereocenters. The zero-order chi connectivity index (χ0) is 29.8. The van der Waals surface area contributed by atoms with Crippen LogP contribution in [-0.2, 0) is 11.2 Å². The monoisotopic (exact) mass is 621 g/mol. The second-order valence-corrected chi connectivity index (χ2v) is 11.2. The number of halogens is 4. The summed E-state index contributed by atoms with van der Waals surface area (Å²) in [6.45, 7) is -2.26. The van der Waals surface area contributed by atoms with Crippen molar-refractivity contribution < 1.29 is 42.0 Å². The van der Waals surface area contributed by atoms with Crippen molar-refractivity contribution in [3.05, 3.63) is 86.3 Å². The highest BCUT2D eigenvalue weighted by Gasteiger charge is 2.27. The van der Waals surface area contributed by atoms with Gasteiger partial charge in [-0.2, -0.15) is 13.5 Å². The van der Waals surface area contributed by atoms with Crippen LogP contribution in [0.3, 0.4) is 0 Å². The Morgan fingerprint density at radius 1 is 0.952 bits per heavy atom. The van der Waals surface area contributed by atoms with Crippen LogP contribution in [0.25, 0.3) is 0 Å². The van der Waals surface area contributed by atoms with Crippen LogP contribution in [0.1, 0.15) is 63.6 Å². The lowest BCUT2D eigenvalue weighted by Gasteiger charge is -2.21. The molecule has 1 aromatic heterocycles. The average molecular weight is 622 g/mol. The molecule has 222 valence electrons. The van der Waals surface area contributed by atoms with E-state index in [2.05, 4.69) is 4.74 Å². The molecule has 0 N–H and O–H groups in total. The molecule has 12 heteroatoms.